The first-order valence-electron chi connectivity index (χ1n) is 6.13. The number of fused-ring (bicyclic) bond motifs is 1. The van der Waals surface area contributed by atoms with Gasteiger partial charge >= 0.3 is 0 Å². The minimum Gasteiger partial charge on any atom is -0.348 e. The highest BCUT2D eigenvalue weighted by Crippen LogP contribution is 2.29. The maximum Gasteiger partial charge on any atom is 0.238 e. The monoisotopic (exact) mass is 246 g/mol. The van der Waals surface area contributed by atoms with Crippen LogP contribution >= 0.6 is 0 Å². The summed E-state index contributed by atoms with van der Waals surface area (Å²) >= 11 is 0. The Morgan fingerprint density at radius 1 is 1.83 bits per heavy atom. The summed E-state index contributed by atoms with van der Waals surface area (Å²) in [6.45, 7) is 0. The maximum atomic E-state index is 11.9. The molecule has 0 fully saturated rings. The normalized spacial score (nSPS) is 19.7. The number of carbonyl (C=O) groups excluding carboxylic acids is 1. The van der Waals surface area contributed by atoms with Crippen molar-refractivity contribution in [2.75, 3.05) is 0 Å². The number of nitrogens with two attached hydrogens (primary N) is 1. The molecular formula is C13H18N4O. The zero-order valence-corrected chi connectivity index (χ0v) is 10.5. The Balaban J connectivity index is 2.08. The highest BCUT2D eigenvalue weighted by molar-refractivity contribution is 5.82. The molecule has 18 heavy (non-hydrogen) atoms. The van der Waals surface area contributed by atoms with Crippen LogP contribution in [0.5, 0.6) is 0 Å². The lowest BCUT2D eigenvalue weighted by atomic mass is 9.92. The molecule has 2 unspecified atom stereocenters. The van der Waals surface area contributed by atoms with Crippen LogP contribution in [-0.4, -0.2) is 21.7 Å². The highest BCUT2D eigenvalue weighted by atomic mass is 16.2. The Morgan fingerprint density at radius 3 is 3.33 bits per heavy atom. The summed E-state index contributed by atoms with van der Waals surface area (Å²) in [7, 11) is 1.92. The summed E-state index contributed by atoms with van der Waals surface area (Å²) in [6, 6.07) is -0.615. The summed E-state index contributed by atoms with van der Waals surface area (Å²) < 4.78 is 1.87. The molecule has 1 aliphatic rings. The summed E-state index contributed by atoms with van der Waals surface area (Å²) in [5.41, 5.74) is 7.99. The molecule has 2 rings (SSSR count). The van der Waals surface area contributed by atoms with E-state index in [9.17, 15) is 4.79 Å². The quantitative estimate of drug-likeness (QED) is 0.752. The number of aryl methyl sites for hydroxylation is 1. The van der Waals surface area contributed by atoms with Gasteiger partial charge in [0.25, 0.3) is 0 Å². The van der Waals surface area contributed by atoms with Crippen molar-refractivity contribution in [1.29, 1.82) is 0 Å². The number of hydrogen-bond acceptors (Lipinski definition) is 3. The standard InChI is InChI=1S/C13H18N4O/c1-3-5-10(14)13(18)16-11-6-4-7-12-9(11)8-15-17(12)2/h1,8,10-11H,4-7,14H2,2H3,(H,16,18). The molecule has 1 aromatic heterocycles. The van der Waals surface area contributed by atoms with Crippen LogP contribution in [0.1, 0.15) is 36.6 Å². The number of terminal acetylenes is 1. The number of hydrogen-bond donors (Lipinski definition) is 2. The average molecular weight is 246 g/mol. The molecule has 5 heteroatoms. The summed E-state index contributed by atoms with van der Waals surface area (Å²) in [6.07, 6.45) is 10.2. The van der Waals surface area contributed by atoms with E-state index in [1.54, 1.807) is 0 Å². The van der Waals surface area contributed by atoms with Crippen molar-refractivity contribution in [1.82, 2.24) is 15.1 Å². The van der Waals surface area contributed by atoms with E-state index >= 15 is 0 Å². The second-order valence-corrected chi connectivity index (χ2v) is 4.64. The van der Waals surface area contributed by atoms with Crippen LogP contribution in [0.4, 0.5) is 0 Å². The van der Waals surface area contributed by atoms with Crippen molar-refractivity contribution in [3.05, 3.63) is 17.5 Å². The SMILES string of the molecule is C#CCC(N)C(=O)NC1CCCc2c1cnn2C. The van der Waals surface area contributed by atoms with Crippen LogP contribution in [0.2, 0.25) is 0 Å². The molecule has 1 aromatic rings. The van der Waals surface area contributed by atoms with Crippen LogP contribution in [0.15, 0.2) is 6.20 Å². The number of amides is 1. The van der Waals surface area contributed by atoms with Crippen LogP contribution in [0, 0.1) is 12.3 Å². The number of aromatic nitrogens is 2. The summed E-state index contributed by atoms with van der Waals surface area (Å²) in [5.74, 6) is 2.22. The van der Waals surface area contributed by atoms with E-state index in [2.05, 4.69) is 16.3 Å². The van der Waals surface area contributed by atoms with Crippen molar-refractivity contribution >= 4 is 5.91 Å². The third-order valence-electron chi connectivity index (χ3n) is 3.37. The van der Waals surface area contributed by atoms with Crippen molar-refractivity contribution in [2.45, 2.75) is 37.8 Å². The van der Waals surface area contributed by atoms with Gasteiger partial charge < -0.3 is 11.1 Å². The van der Waals surface area contributed by atoms with Gasteiger partial charge in [-0.15, -0.1) is 12.3 Å². The molecule has 1 heterocycles. The number of nitrogens with one attached hydrogen (secondary N) is 1. The third kappa shape index (κ3) is 2.39. The van der Waals surface area contributed by atoms with E-state index < -0.39 is 6.04 Å². The minimum atomic E-state index is -0.628. The predicted octanol–water partition coefficient (Wildman–Crippen LogP) is 0.264. The lowest BCUT2D eigenvalue weighted by Gasteiger charge is -2.24. The molecule has 0 aromatic carbocycles. The lowest BCUT2D eigenvalue weighted by molar-refractivity contribution is -0.123. The van der Waals surface area contributed by atoms with Gasteiger partial charge in [0.05, 0.1) is 18.3 Å². The number of rotatable bonds is 3. The molecular weight excluding hydrogens is 228 g/mol. The Bertz CT molecular complexity index is 486. The molecule has 0 bridgehead atoms. The average Bonchev–Trinajstić information content (AvgIpc) is 2.73. The Morgan fingerprint density at radius 2 is 2.61 bits per heavy atom. The van der Waals surface area contributed by atoms with E-state index in [0.717, 1.165) is 24.8 Å². The minimum absolute atomic E-state index is 0.0128. The molecule has 5 nitrogen and oxygen atoms in total. The molecule has 3 N–H and O–H groups in total. The van der Waals surface area contributed by atoms with Crippen molar-refractivity contribution in [3.63, 3.8) is 0 Å². The molecule has 1 amide bonds. The van der Waals surface area contributed by atoms with E-state index in [1.807, 2.05) is 17.9 Å². The second kappa shape index (κ2) is 5.23. The van der Waals surface area contributed by atoms with Crippen LogP contribution < -0.4 is 11.1 Å². The Kier molecular flexibility index (Phi) is 3.68. The van der Waals surface area contributed by atoms with Gasteiger partial charge in [-0.1, -0.05) is 0 Å². The molecule has 2 atom stereocenters. The lowest BCUT2D eigenvalue weighted by Crippen LogP contribution is -2.42. The van der Waals surface area contributed by atoms with Crippen LogP contribution in [0.25, 0.3) is 0 Å². The smallest absolute Gasteiger partial charge is 0.238 e. The molecule has 0 saturated heterocycles. The van der Waals surface area contributed by atoms with Crippen molar-refractivity contribution in [2.24, 2.45) is 12.8 Å². The molecule has 0 aliphatic heterocycles. The van der Waals surface area contributed by atoms with E-state index in [1.165, 1.54) is 5.69 Å². The van der Waals surface area contributed by atoms with Gasteiger partial charge in [-0.3, -0.25) is 9.48 Å². The van der Waals surface area contributed by atoms with E-state index in [4.69, 9.17) is 12.2 Å². The number of nitrogens with zero attached hydrogens (tertiary/aromatic N) is 2. The molecule has 0 spiro atoms. The molecule has 0 saturated carbocycles. The highest BCUT2D eigenvalue weighted by Gasteiger charge is 2.26. The maximum absolute atomic E-state index is 11.9. The Hall–Kier alpha value is -1.80. The van der Waals surface area contributed by atoms with Crippen LogP contribution in [0.3, 0.4) is 0 Å². The topological polar surface area (TPSA) is 72.9 Å². The number of carbonyl (C=O) groups is 1. The van der Waals surface area contributed by atoms with Crippen LogP contribution in [-0.2, 0) is 18.3 Å². The van der Waals surface area contributed by atoms with Gasteiger partial charge in [-0.2, -0.15) is 5.10 Å². The first-order chi connectivity index (χ1) is 8.63. The Labute approximate surface area is 107 Å². The zero-order chi connectivity index (χ0) is 13.1. The van der Waals surface area contributed by atoms with Crippen molar-refractivity contribution in [3.8, 4) is 12.3 Å². The van der Waals surface area contributed by atoms with Gasteiger partial charge in [-0.25, -0.2) is 0 Å². The van der Waals surface area contributed by atoms with Gasteiger partial charge in [0.15, 0.2) is 0 Å². The van der Waals surface area contributed by atoms with E-state index in [-0.39, 0.29) is 18.4 Å². The van der Waals surface area contributed by atoms with Crippen molar-refractivity contribution < 1.29 is 4.79 Å². The second-order valence-electron chi connectivity index (χ2n) is 4.64. The first kappa shape index (κ1) is 12.7. The first-order valence-corrected chi connectivity index (χ1v) is 6.13. The van der Waals surface area contributed by atoms with Gasteiger partial charge in [-0.05, 0) is 19.3 Å². The van der Waals surface area contributed by atoms with Gasteiger partial charge in [0, 0.05) is 24.7 Å². The molecule has 96 valence electrons. The van der Waals surface area contributed by atoms with E-state index in [0.29, 0.717) is 0 Å². The third-order valence-corrected chi connectivity index (χ3v) is 3.37. The summed E-state index contributed by atoms with van der Waals surface area (Å²) in [5, 5.41) is 7.20. The fraction of sp³-hybridized carbons (Fsp3) is 0.538. The largest absolute Gasteiger partial charge is 0.348 e. The summed E-state index contributed by atoms with van der Waals surface area (Å²) in [4.78, 5) is 11.9. The fourth-order valence-corrected chi connectivity index (χ4v) is 2.35. The molecule has 0 radical (unpaired) electrons. The fourth-order valence-electron chi connectivity index (χ4n) is 2.35. The zero-order valence-electron chi connectivity index (χ0n) is 10.5. The molecule has 1 aliphatic carbocycles. The van der Waals surface area contributed by atoms with Gasteiger partial charge in [0.2, 0.25) is 5.91 Å². The predicted molar refractivity (Wildman–Crippen MR) is 68.5 cm³/mol. The van der Waals surface area contributed by atoms with Gasteiger partial charge in [0.1, 0.15) is 0 Å².